The van der Waals surface area contributed by atoms with Crippen molar-refractivity contribution in [1.29, 1.82) is 0 Å². The van der Waals surface area contributed by atoms with E-state index in [0.29, 0.717) is 10.6 Å². The number of anilines is 1. The lowest BCUT2D eigenvalue weighted by Gasteiger charge is -2.22. The van der Waals surface area contributed by atoms with Gasteiger partial charge in [-0.25, -0.2) is 9.18 Å². The predicted molar refractivity (Wildman–Crippen MR) is 94.1 cm³/mol. The Balaban J connectivity index is 1.76. The van der Waals surface area contributed by atoms with Gasteiger partial charge in [0.1, 0.15) is 17.9 Å². The number of para-hydroxylation sites is 1. The molecule has 0 radical (unpaired) electrons. The van der Waals surface area contributed by atoms with Crippen LogP contribution in [0.15, 0.2) is 48.5 Å². The number of halogens is 2. The molecule has 1 fully saturated rings. The largest absolute Gasteiger partial charge is 0.325 e. The van der Waals surface area contributed by atoms with Crippen LogP contribution in [0.25, 0.3) is 0 Å². The molecule has 3 rings (SSSR count). The number of nitrogens with zero attached hydrogens (tertiary/aromatic N) is 1. The average molecular weight is 376 g/mol. The topological polar surface area (TPSA) is 78.5 Å². The van der Waals surface area contributed by atoms with Gasteiger partial charge in [0.2, 0.25) is 5.91 Å². The van der Waals surface area contributed by atoms with Crippen molar-refractivity contribution >= 4 is 35.1 Å². The quantitative estimate of drug-likeness (QED) is 0.806. The smallest absolute Gasteiger partial charge is 0.322 e. The van der Waals surface area contributed by atoms with E-state index >= 15 is 0 Å². The molecule has 0 aromatic heterocycles. The maximum Gasteiger partial charge on any atom is 0.325 e. The summed E-state index contributed by atoms with van der Waals surface area (Å²) in [5.74, 6) is -1.86. The molecular formula is C18H15ClFN3O3. The van der Waals surface area contributed by atoms with Gasteiger partial charge in [-0.15, -0.1) is 0 Å². The van der Waals surface area contributed by atoms with E-state index < -0.39 is 35.7 Å². The first-order chi connectivity index (χ1) is 12.3. The van der Waals surface area contributed by atoms with Crippen LogP contribution in [0.3, 0.4) is 0 Å². The summed E-state index contributed by atoms with van der Waals surface area (Å²) in [5, 5.41) is 5.43. The Morgan fingerprint density at radius 1 is 1.19 bits per heavy atom. The number of benzene rings is 2. The Morgan fingerprint density at radius 2 is 1.85 bits per heavy atom. The Labute approximate surface area is 153 Å². The van der Waals surface area contributed by atoms with E-state index in [9.17, 15) is 18.8 Å². The van der Waals surface area contributed by atoms with Crippen LogP contribution in [0.2, 0.25) is 5.02 Å². The fourth-order valence-electron chi connectivity index (χ4n) is 2.72. The van der Waals surface area contributed by atoms with Crippen molar-refractivity contribution in [3.8, 4) is 0 Å². The van der Waals surface area contributed by atoms with E-state index in [4.69, 9.17) is 11.6 Å². The van der Waals surface area contributed by atoms with E-state index in [1.54, 1.807) is 37.3 Å². The lowest BCUT2D eigenvalue weighted by molar-refractivity contribution is -0.133. The number of carbonyl (C=O) groups is 3. The SMILES string of the molecule is C[C@]1(c2ccc(Cl)cc2)NC(=O)N(CC(=O)Nc2ccccc2F)C1=O. The van der Waals surface area contributed by atoms with Gasteiger partial charge in [-0.2, -0.15) is 0 Å². The summed E-state index contributed by atoms with van der Waals surface area (Å²) in [6.07, 6.45) is 0. The number of amides is 4. The lowest BCUT2D eigenvalue weighted by Crippen LogP contribution is -2.42. The minimum atomic E-state index is -1.31. The number of carbonyl (C=O) groups excluding carboxylic acids is 3. The maximum absolute atomic E-state index is 13.6. The van der Waals surface area contributed by atoms with Gasteiger partial charge in [-0.3, -0.25) is 14.5 Å². The highest BCUT2D eigenvalue weighted by molar-refractivity contribution is 6.30. The molecule has 1 saturated heterocycles. The molecule has 1 aliphatic rings. The van der Waals surface area contributed by atoms with Crippen molar-refractivity contribution in [1.82, 2.24) is 10.2 Å². The Bertz CT molecular complexity index is 888. The van der Waals surface area contributed by atoms with Crippen molar-refractivity contribution in [2.75, 3.05) is 11.9 Å². The number of urea groups is 1. The molecule has 1 atom stereocenters. The fourth-order valence-corrected chi connectivity index (χ4v) is 2.84. The van der Waals surface area contributed by atoms with Crippen molar-refractivity contribution in [2.24, 2.45) is 0 Å². The molecule has 6 nitrogen and oxygen atoms in total. The molecule has 1 heterocycles. The predicted octanol–water partition coefficient (Wildman–Crippen LogP) is 2.88. The summed E-state index contributed by atoms with van der Waals surface area (Å²) in [7, 11) is 0. The summed E-state index contributed by atoms with van der Waals surface area (Å²) >= 11 is 5.85. The van der Waals surface area contributed by atoms with E-state index in [0.717, 1.165) is 4.90 Å². The average Bonchev–Trinajstić information content (AvgIpc) is 2.82. The zero-order chi connectivity index (χ0) is 18.9. The van der Waals surface area contributed by atoms with Crippen LogP contribution in [0, 0.1) is 5.82 Å². The van der Waals surface area contributed by atoms with Crippen molar-refractivity contribution in [3.05, 3.63) is 64.9 Å². The minimum Gasteiger partial charge on any atom is -0.322 e. The molecule has 0 spiro atoms. The number of imide groups is 1. The molecule has 0 unspecified atom stereocenters. The number of nitrogens with one attached hydrogen (secondary N) is 2. The van der Waals surface area contributed by atoms with E-state index in [1.165, 1.54) is 18.2 Å². The second-order valence-electron chi connectivity index (χ2n) is 5.98. The molecule has 4 amide bonds. The maximum atomic E-state index is 13.6. The van der Waals surface area contributed by atoms with Crippen LogP contribution in [0.4, 0.5) is 14.9 Å². The van der Waals surface area contributed by atoms with Crippen LogP contribution < -0.4 is 10.6 Å². The summed E-state index contributed by atoms with van der Waals surface area (Å²) in [4.78, 5) is 37.9. The van der Waals surface area contributed by atoms with Crippen LogP contribution in [0.1, 0.15) is 12.5 Å². The number of hydrogen-bond donors (Lipinski definition) is 2. The van der Waals surface area contributed by atoms with E-state index in [-0.39, 0.29) is 5.69 Å². The van der Waals surface area contributed by atoms with Gasteiger partial charge in [0.15, 0.2) is 0 Å². The van der Waals surface area contributed by atoms with E-state index in [2.05, 4.69) is 10.6 Å². The third-order valence-corrected chi connectivity index (χ3v) is 4.40. The first-order valence-electron chi connectivity index (χ1n) is 7.76. The van der Waals surface area contributed by atoms with Crippen molar-refractivity contribution < 1.29 is 18.8 Å². The Hall–Kier alpha value is -2.93. The van der Waals surface area contributed by atoms with Gasteiger partial charge in [0, 0.05) is 5.02 Å². The van der Waals surface area contributed by atoms with Crippen LogP contribution in [-0.2, 0) is 15.1 Å². The molecule has 26 heavy (non-hydrogen) atoms. The first kappa shape index (κ1) is 17.9. The number of hydrogen-bond acceptors (Lipinski definition) is 3. The monoisotopic (exact) mass is 375 g/mol. The fraction of sp³-hybridized carbons (Fsp3) is 0.167. The molecule has 134 valence electrons. The first-order valence-corrected chi connectivity index (χ1v) is 8.13. The van der Waals surface area contributed by atoms with Gasteiger partial charge >= 0.3 is 6.03 Å². The van der Waals surface area contributed by atoms with E-state index in [1.807, 2.05) is 0 Å². The van der Waals surface area contributed by atoms with Gasteiger partial charge < -0.3 is 10.6 Å². The second-order valence-corrected chi connectivity index (χ2v) is 6.42. The molecule has 0 saturated carbocycles. The third kappa shape index (κ3) is 3.25. The molecule has 2 N–H and O–H groups in total. The van der Waals surface area contributed by atoms with Gasteiger partial charge in [0.05, 0.1) is 5.69 Å². The Morgan fingerprint density at radius 3 is 2.50 bits per heavy atom. The van der Waals surface area contributed by atoms with Gasteiger partial charge in [0.25, 0.3) is 5.91 Å². The third-order valence-electron chi connectivity index (χ3n) is 4.15. The highest BCUT2D eigenvalue weighted by atomic mass is 35.5. The lowest BCUT2D eigenvalue weighted by atomic mass is 9.92. The zero-order valence-corrected chi connectivity index (χ0v) is 14.5. The van der Waals surface area contributed by atoms with Crippen molar-refractivity contribution in [2.45, 2.75) is 12.5 Å². The molecule has 8 heteroatoms. The molecule has 2 aromatic rings. The van der Waals surface area contributed by atoms with Crippen LogP contribution in [0.5, 0.6) is 0 Å². The van der Waals surface area contributed by atoms with Crippen LogP contribution in [-0.4, -0.2) is 29.3 Å². The highest BCUT2D eigenvalue weighted by Crippen LogP contribution is 2.29. The second kappa shape index (κ2) is 6.76. The zero-order valence-electron chi connectivity index (χ0n) is 13.8. The molecule has 1 aliphatic heterocycles. The van der Waals surface area contributed by atoms with Gasteiger partial charge in [-0.1, -0.05) is 35.9 Å². The standard InChI is InChI=1S/C18H15ClFN3O3/c1-18(11-6-8-12(19)9-7-11)16(25)23(17(26)22-18)10-15(24)21-14-5-3-2-4-13(14)20/h2-9H,10H2,1H3,(H,21,24)(H,22,26)/t18-/m1/s1. The molecule has 2 aromatic carbocycles. The van der Waals surface area contributed by atoms with Crippen LogP contribution >= 0.6 is 11.6 Å². The summed E-state index contributed by atoms with van der Waals surface area (Å²) in [6, 6.07) is 11.4. The minimum absolute atomic E-state index is 0.0231. The molecule has 0 bridgehead atoms. The van der Waals surface area contributed by atoms with Gasteiger partial charge in [-0.05, 0) is 36.8 Å². The summed E-state index contributed by atoms with van der Waals surface area (Å²) < 4.78 is 13.6. The summed E-state index contributed by atoms with van der Waals surface area (Å²) in [6.45, 7) is 1.02. The normalized spacial score (nSPS) is 19.4. The number of rotatable bonds is 4. The molecule has 0 aliphatic carbocycles. The highest BCUT2D eigenvalue weighted by Gasteiger charge is 2.49. The van der Waals surface area contributed by atoms with Crippen molar-refractivity contribution in [3.63, 3.8) is 0 Å². The Kier molecular flexibility index (Phi) is 4.65. The molecular weight excluding hydrogens is 361 g/mol. The summed E-state index contributed by atoms with van der Waals surface area (Å²) in [5.41, 5.74) is -0.790.